The first kappa shape index (κ1) is 17.7. The highest BCUT2D eigenvalue weighted by Gasteiger charge is 2.16. The van der Waals surface area contributed by atoms with Gasteiger partial charge in [0.1, 0.15) is 5.75 Å². The van der Waals surface area contributed by atoms with E-state index in [0.29, 0.717) is 5.56 Å². The van der Waals surface area contributed by atoms with E-state index in [1.165, 1.54) is 23.9 Å². The van der Waals surface area contributed by atoms with Crippen LogP contribution >= 0.6 is 15.9 Å². The molecule has 134 valence electrons. The topological polar surface area (TPSA) is 117 Å². The Morgan fingerprint density at radius 3 is 2.96 bits per heavy atom. The predicted octanol–water partition coefficient (Wildman–Crippen LogP) is 1.52. The van der Waals surface area contributed by atoms with Crippen LogP contribution < -0.4 is 16.7 Å². The van der Waals surface area contributed by atoms with Gasteiger partial charge in [-0.05, 0) is 18.2 Å². The number of fused-ring (bicyclic) bond motifs is 1. The van der Waals surface area contributed by atoms with Crippen LogP contribution in [0.3, 0.4) is 0 Å². The summed E-state index contributed by atoms with van der Waals surface area (Å²) >= 11 is 3.32. The van der Waals surface area contributed by atoms with Crippen molar-refractivity contribution in [2.45, 2.75) is 6.54 Å². The summed E-state index contributed by atoms with van der Waals surface area (Å²) in [6, 6.07) is 4.94. The summed E-state index contributed by atoms with van der Waals surface area (Å²) in [5.41, 5.74) is 2.58. The van der Waals surface area contributed by atoms with Crippen LogP contribution in [0.15, 0.2) is 50.0 Å². The minimum absolute atomic E-state index is 0.0668. The van der Waals surface area contributed by atoms with Crippen LogP contribution in [0.2, 0.25) is 0 Å². The first-order valence-electron chi connectivity index (χ1n) is 7.50. The number of imidazole rings is 1. The molecule has 2 heterocycles. The average Bonchev–Trinajstić information content (AvgIpc) is 2.95. The van der Waals surface area contributed by atoms with Crippen molar-refractivity contribution in [3.05, 3.63) is 61.7 Å². The molecule has 26 heavy (non-hydrogen) atoms. The van der Waals surface area contributed by atoms with Gasteiger partial charge in [-0.25, -0.2) is 10.2 Å². The van der Waals surface area contributed by atoms with Crippen molar-refractivity contribution in [3.63, 3.8) is 0 Å². The number of aromatic nitrogens is 4. The van der Waals surface area contributed by atoms with Gasteiger partial charge in [0.25, 0.3) is 5.56 Å². The molecule has 2 aromatic heterocycles. The number of benzene rings is 1. The molecule has 0 aliphatic carbocycles. The molecule has 3 aromatic rings. The van der Waals surface area contributed by atoms with Crippen molar-refractivity contribution in [2.24, 2.45) is 12.1 Å². The number of phenols is 1. The van der Waals surface area contributed by atoms with Crippen molar-refractivity contribution in [2.75, 3.05) is 5.43 Å². The molecular weight excluding hydrogens is 404 g/mol. The molecule has 0 atom stereocenters. The van der Waals surface area contributed by atoms with Gasteiger partial charge in [-0.1, -0.05) is 22.0 Å². The molecule has 0 saturated carbocycles. The quantitative estimate of drug-likeness (QED) is 0.329. The van der Waals surface area contributed by atoms with E-state index in [0.717, 1.165) is 4.47 Å². The van der Waals surface area contributed by atoms with Crippen molar-refractivity contribution in [3.8, 4) is 5.75 Å². The molecule has 0 spiro atoms. The van der Waals surface area contributed by atoms with Crippen molar-refractivity contribution >= 4 is 39.3 Å². The minimum Gasteiger partial charge on any atom is -0.507 e. The van der Waals surface area contributed by atoms with E-state index < -0.39 is 11.2 Å². The van der Waals surface area contributed by atoms with Crippen LogP contribution in [-0.4, -0.2) is 30.4 Å². The number of nitrogens with one attached hydrogen (secondary N) is 2. The lowest BCUT2D eigenvalue weighted by molar-refractivity contribution is 0.474. The number of hydrazone groups is 1. The number of nitrogens with zero attached hydrogens (tertiary/aromatic N) is 4. The van der Waals surface area contributed by atoms with Crippen molar-refractivity contribution < 1.29 is 5.11 Å². The Hall–Kier alpha value is -3.14. The predicted molar refractivity (Wildman–Crippen MR) is 103 cm³/mol. The minimum atomic E-state index is -0.556. The van der Waals surface area contributed by atoms with Gasteiger partial charge >= 0.3 is 5.69 Å². The number of hydrogen-bond acceptors (Lipinski definition) is 6. The number of aromatic amines is 1. The highest BCUT2D eigenvalue weighted by atomic mass is 79.9. The van der Waals surface area contributed by atoms with E-state index in [2.05, 4.69) is 43.0 Å². The van der Waals surface area contributed by atoms with Crippen LogP contribution in [0, 0.1) is 0 Å². The van der Waals surface area contributed by atoms with Crippen LogP contribution in [0.4, 0.5) is 5.95 Å². The molecule has 3 rings (SSSR count). The summed E-state index contributed by atoms with van der Waals surface area (Å²) in [5, 5.41) is 13.9. The number of aryl methyl sites for hydroxylation is 1. The maximum atomic E-state index is 12.2. The maximum Gasteiger partial charge on any atom is 0.329 e. The molecule has 3 N–H and O–H groups in total. The van der Waals surface area contributed by atoms with Crippen molar-refractivity contribution in [1.29, 1.82) is 0 Å². The van der Waals surface area contributed by atoms with Gasteiger partial charge in [-0.2, -0.15) is 10.1 Å². The fraction of sp³-hybridized carbons (Fsp3) is 0.125. The lowest BCUT2D eigenvalue weighted by Gasteiger charge is -2.05. The SMILES string of the molecule is C=CCn1c(N/N=C\c2cc(Br)ccc2O)nc2c1c(=O)[nH]c(=O)n2C. The number of aromatic hydroxyl groups is 1. The first-order chi connectivity index (χ1) is 12.4. The zero-order valence-electron chi connectivity index (χ0n) is 13.7. The number of anilines is 1. The van der Waals surface area contributed by atoms with Crippen LogP contribution in [0.5, 0.6) is 5.75 Å². The number of phenolic OH excluding ortho intramolecular Hbond substituents is 1. The molecule has 0 bridgehead atoms. The van der Waals surface area contributed by atoms with E-state index in [1.54, 1.807) is 22.8 Å². The number of allylic oxidation sites excluding steroid dienone is 1. The monoisotopic (exact) mass is 418 g/mol. The normalized spacial score (nSPS) is 11.3. The molecule has 1 aromatic carbocycles. The summed E-state index contributed by atoms with van der Waals surface area (Å²) in [5.74, 6) is 0.328. The Balaban J connectivity index is 2.04. The Morgan fingerprint density at radius 1 is 1.46 bits per heavy atom. The van der Waals surface area contributed by atoms with Gasteiger partial charge in [-0.3, -0.25) is 18.9 Å². The molecule has 9 nitrogen and oxygen atoms in total. The van der Waals surface area contributed by atoms with E-state index >= 15 is 0 Å². The van der Waals surface area contributed by atoms with Crippen LogP contribution in [0.25, 0.3) is 11.2 Å². The molecular formula is C16H15BrN6O3. The van der Waals surface area contributed by atoms with E-state index in [9.17, 15) is 14.7 Å². The first-order valence-corrected chi connectivity index (χ1v) is 8.29. The smallest absolute Gasteiger partial charge is 0.329 e. The molecule has 10 heteroatoms. The summed E-state index contributed by atoms with van der Waals surface area (Å²) in [6.07, 6.45) is 3.02. The maximum absolute atomic E-state index is 12.2. The summed E-state index contributed by atoms with van der Waals surface area (Å²) in [4.78, 5) is 30.5. The largest absolute Gasteiger partial charge is 0.507 e. The fourth-order valence-electron chi connectivity index (χ4n) is 2.42. The molecule has 0 saturated heterocycles. The van der Waals surface area contributed by atoms with E-state index in [4.69, 9.17) is 0 Å². The Kier molecular flexibility index (Phi) is 4.76. The summed E-state index contributed by atoms with van der Waals surface area (Å²) in [6.45, 7) is 3.96. The van der Waals surface area contributed by atoms with Crippen molar-refractivity contribution in [1.82, 2.24) is 19.1 Å². The van der Waals surface area contributed by atoms with E-state index in [1.807, 2.05) is 0 Å². The van der Waals surface area contributed by atoms with Crippen LogP contribution in [0.1, 0.15) is 5.56 Å². The summed E-state index contributed by atoms with van der Waals surface area (Å²) in [7, 11) is 1.51. The third-order valence-corrected chi connectivity index (χ3v) is 4.17. The van der Waals surface area contributed by atoms with Crippen LogP contribution in [-0.2, 0) is 13.6 Å². The number of rotatable bonds is 5. The Morgan fingerprint density at radius 2 is 2.23 bits per heavy atom. The second-order valence-electron chi connectivity index (χ2n) is 5.40. The molecule has 0 aliphatic heterocycles. The molecule has 0 aliphatic rings. The number of H-pyrrole nitrogens is 1. The molecule has 0 fully saturated rings. The fourth-order valence-corrected chi connectivity index (χ4v) is 2.79. The third kappa shape index (κ3) is 3.18. The molecule has 0 radical (unpaired) electrons. The van der Waals surface area contributed by atoms with Gasteiger partial charge in [0.2, 0.25) is 5.95 Å². The highest BCUT2D eigenvalue weighted by molar-refractivity contribution is 9.10. The van der Waals surface area contributed by atoms with Gasteiger partial charge in [0.15, 0.2) is 11.2 Å². The standard InChI is InChI=1S/C16H15BrN6O3/c1-3-6-23-12-13(22(2)16(26)20-14(12)25)19-15(23)21-18-8-9-7-10(17)4-5-11(9)24/h3-5,7-8,24H,1,6H2,2H3,(H,19,21)(H,20,25,26)/b18-8-. The Labute approximate surface area is 155 Å². The molecule has 0 unspecified atom stereocenters. The third-order valence-electron chi connectivity index (χ3n) is 3.68. The second kappa shape index (κ2) is 7.00. The second-order valence-corrected chi connectivity index (χ2v) is 6.31. The van der Waals surface area contributed by atoms with Gasteiger partial charge in [0.05, 0.1) is 6.21 Å². The lowest BCUT2D eigenvalue weighted by Crippen LogP contribution is -2.29. The summed E-state index contributed by atoms with van der Waals surface area (Å²) < 4.78 is 3.58. The zero-order chi connectivity index (χ0) is 18.8. The number of halogens is 1. The molecule has 0 amide bonds. The highest BCUT2D eigenvalue weighted by Crippen LogP contribution is 2.20. The number of hydrogen-bond donors (Lipinski definition) is 3. The lowest BCUT2D eigenvalue weighted by atomic mass is 10.2. The van der Waals surface area contributed by atoms with Gasteiger partial charge in [0, 0.05) is 23.6 Å². The van der Waals surface area contributed by atoms with Gasteiger partial charge in [-0.15, -0.1) is 6.58 Å². The average molecular weight is 419 g/mol. The Bertz CT molecular complexity index is 1140. The van der Waals surface area contributed by atoms with E-state index in [-0.39, 0.29) is 29.4 Å². The van der Waals surface area contributed by atoms with Gasteiger partial charge < -0.3 is 5.11 Å². The zero-order valence-corrected chi connectivity index (χ0v) is 15.3.